The Balaban J connectivity index is 1.63. The number of hydrogen-bond acceptors (Lipinski definition) is 3. The van der Waals surface area contributed by atoms with Gasteiger partial charge in [0, 0.05) is 17.8 Å². The maximum Gasteiger partial charge on any atom is 0.238 e. The molecule has 0 saturated heterocycles. The monoisotopic (exact) mass is 374 g/mol. The van der Waals surface area contributed by atoms with E-state index in [1.54, 1.807) is 0 Å². The minimum atomic E-state index is -0.0265. The van der Waals surface area contributed by atoms with Crippen molar-refractivity contribution in [3.63, 3.8) is 0 Å². The van der Waals surface area contributed by atoms with Gasteiger partial charge in [0.05, 0.1) is 6.54 Å². The van der Waals surface area contributed by atoms with E-state index in [0.29, 0.717) is 13.1 Å². The first-order valence-electron chi connectivity index (χ1n) is 9.38. The van der Waals surface area contributed by atoms with Crippen molar-refractivity contribution < 1.29 is 9.53 Å². The zero-order valence-corrected chi connectivity index (χ0v) is 16.6. The Morgan fingerprint density at radius 2 is 1.54 bits per heavy atom. The van der Waals surface area contributed by atoms with E-state index in [-0.39, 0.29) is 5.91 Å². The number of likely N-dealkylation sites (N-methyl/N-ethyl adjacent to an activating group) is 1. The first-order valence-corrected chi connectivity index (χ1v) is 9.38. The van der Waals surface area contributed by atoms with Crippen LogP contribution in [0.3, 0.4) is 0 Å². The fraction of sp³-hybridized carbons (Fsp3) is 0.208. The van der Waals surface area contributed by atoms with Crippen molar-refractivity contribution in [2.24, 2.45) is 0 Å². The number of anilines is 1. The Kier molecular flexibility index (Phi) is 6.45. The normalized spacial score (nSPS) is 10.7. The van der Waals surface area contributed by atoms with Crippen LogP contribution in [0.25, 0.3) is 0 Å². The summed E-state index contributed by atoms with van der Waals surface area (Å²) < 4.78 is 6.02. The standard InChI is InChI=1S/C24H26N2O2/c1-18-10-9-11-19(2)24(18)25-23(27)17-26(3)16-20-12-7-8-15-22(20)28-21-13-5-4-6-14-21/h4-15H,16-17H2,1-3H3,(H,25,27). The Morgan fingerprint density at radius 3 is 2.25 bits per heavy atom. The quantitative estimate of drug-likeness (QED) is 0.621. The van der Waals surface area contributed by atoms with Gasteiger partial charge < -0.3 is 10.1 Å². The summed E-state index contributed by atoms with van der Waals surface area (Å²) in [6, 6.07) is 23.6. The van der Waals surface area contributed by atoms with Gasteiger partial charge in [0.15, 0.2) is 0 Å². The van der Waals surface area contributed by atoms with E-state index in [0.717, 1.165) is 33.9 Å². The molecule has 0 spiro atoms. The summed E-state index contributed by atoms with van der Waals surface area (Å²) in [5.41, 5.74) is 4.07. The predicted molar refractivity (Wildman–Crippen MR) is 114 cm³/mol. The molecule has 0 aliphatic heterocycles. The van der Waals surface area contributed by atoms with Crippen LogP contribution in [0, 0.1) is 13.8 Å². The molecule has 0 radical (unpaired) electrons. The number of carbonyl (C=O) groups is 1. The van der Waals surface area contributed by atoms with E-state index < -0.39 is 0 Å². The van der Waals surface area contributed by atoms with E-state index in [4.69, 9.17) is 4.74 Å². The molecule has 3 aromatic rings. The molecule has 1 N–H and O–H groups in total. The Hall–Kier alpha value is -3.11. The van der Waals surface area contributed by atoms with Crippen LogP contribution in [0.2, 0.25) is 0 Å². The van der Waals surface area contributed by atoms with Crippen molar-refractivity contribution >= 4 is 11.6 Å². The Labute approximate surface area is 166 Å². The van der Waals surface area contributed by atoms with E-state index >= 15 is 0 Å². The number of benzene rings is 3. The predicted octanol–water partition coefficient (Wildman–Crippen LogP) is 5.17. The highest BCUT2D eigenvalue weighted by Crippen LogP contribution is 2.26. The van der Waals surface area contributed by atoms with Crippen molar-refractivity contribution in [3.8, 4) is 11.5 Å². The van der Waals surface area contributed by atoms with Gasteiger partial charge in [-0.15, -0.1) is 0 Å². The van der Waals surface area contributed by atoms with Crippen LogP contribution >= 0.6 is 0 Å². The molecule has 0 aromatic heterocycles. The first kappa shape index (κ1) is 19.6. The van der Waals surface area contributed by atoms with Crippen LogP contribution in [0.5, 0.6) is 11.5 Å². The minimum absolute atomic E-state index is 0.0265. The lowest BCUT2D eigenvalue weighted by Crippen LogP contribution is -2.30. The van der Waals surface area contributed by atoms with Crippen molar-refractivity contribution in [1.29, 1.82) is 0 Å². The maximum atomic E-state index is 12.5. The molecule has 0 aliphatic carbocycles. The largest absolute Gasteiger partial charge is 0.457 e. The Bertz CT molecular complexity index is 918. The number of rotatable bonds is 7. The molecule has 0 fully saturated rings. The van der Waals surface area contributed by atoms with Gasteiger partial charge in [-0.25, -0.2) is 0 Å². The van der Waals surface area contributed by atoms with Gasteiger partial charge in [-0.05, 0) is 50.2 Å². The fourth-order valence-electron chi connectivity index (χ4n) is 3.13. The number of nitrogens with zero attached hydrogens (tertiary/aromatic N) is 1. The molecule has 1 amide bonds. The molecule has 4 heteroatoms. The van der Waals surface area contributed by atoms with Gasteiger partial charge in [0.2, 0.25) is 5.91 Å². The maximum absolute atomic E-state index is 12.5. The smallest absolute Gasteiger partial charge is 0.238 e. The van der Waals surface area contributed by atoms with Crippen molar-refractivity contribution in [3.05, 3.63) is 89.5 Å². The highest BCUT2D eigenvalue weighted by atomic mass is 16.5. The molecule has 0 saturated carbocycles. The molecule has 0 unspecified atom stereocenters. The van der Waals surface area contributed by atoms with Crippen molar-refractivity contribution in [2.45, 2.75) is 20.4 Å². The lowest BCUT2D eigenvalue weighted by Gasteiger charge is -2.19. The molecule has 3 rings (SSSR count). The lowest BCUT2D eigenvalue weighted by atomic mass is 10.1. The van der Waals surface area contributed by atoms with E-state index in [9.17, 15) is 4.79 Å². The topological polar surface area (TPSA) is 41.6 Å². The number of para-hydroxylation sites is 3. The summed E-state index contributed by atoms with van der Waals surface area (Å²) >= 11 is 0. The van der Waals surface area contributed by atoms with Gasteiger partial charge in [-0.3, -0.25) is 9.69 Å². The number of nitrogens with one attached hydrogen (secondary N) is 1. The molecule has 28 heavy (non-hydrogen) atoms. The van der Waals surface area contributed by atoms with Crippen LogP contribution in [0.15, 0.2) is 72.8 Å². The van der Waals surface area contributed by atoms with Crippen LogP contribution in [0.4, 0.5) is 5.69 Å². The van der Waals surface area contributed by atoms with Gasteiger partial charge in [-0.2, -0.15) is 0 Å². The second-order valence-electron chi connectivity index (χ2n) is 7.01. The van der Waals surface area contributed by atoms with Crippen LogP contribution in [-0.4, -0.2) is 24.4 Å². The average Bonchev–Trinajstić information content (AvgIpc) is 2.67. The van der Waals surface area contributed by atoms with Crippen LogP contribution < -0.4 is 10.1 Å². The zero-order chi connectivity index (χ0) is 19.9. The van der Waals surface area contributed by atoms with Gasteiger partial charge >= 0.3 is 0 Å². The van der Waals surface area contributed by atoms with Gasteiger partial charge in [-0.1, -0.05) is 54.6 Å². The van der Waals surface area contributed by atoms with E-state index in [1.807, 2.05) is 98.6 Å². The molecule has 0 atom stereocenters. The highest BCUT2D eigenvalue weighted by molar-refractivity contribution is 5.93. The number of aryl methyl sites for hydroxylation is 2. The minimum Gasteiger partial charge on any atom is -0.457 e. The molecule has 0 aliphatic rings. The van der Waals surface area contributed by atoms with Gasteiger partial charge in [0.1, 0.15) is 11.5 Å². The third kappa shape index (κ3) is 5.21. The number of ether oxygens (including phenoxy) is 1. The summed E-state index contributed by atoms with van der Waals surface area (Å²) in [6.07, 6.45) is 0. The summed E-state index contributed by atoms with van der Waals surface area (Å²) in [4.78, 5) is 14.5. The third-order valence-corrected chi connectivity index (χ3v) is 4.54. The highest BCUT2D eigenvalue weighted by Gasteiger charge is 2.12. The summed E-state index contributed by atoms with van der Waals surface area (Å²) in [6.45, 7) is 4.92. The molecular formula is C24H26N2O2. The third-order valence-electron chi connectivity index (χ3n) is 4.54. The molecule has 0 bridgehead atoms. The molecule has 144 valence electrons. The lowest BCUT2D eigenvalue weighted by molar-refractivity contribution is -0.117. The summed E-state index contributed by atoms with van der Waals surface area (Å²) in [5, 5.41) is 3.04. The number of amides is 1. The molecule has 3 aromatic carbocycles. The summed E-state index contributed by atoms with van der Waals surface area (Å²) in [5.74, 6) is 1.57. The van der Waals surface area contributed by atoms with Crippen molar-refractivity contribution in [1.82, 2.24) is 4.90 Å². The van der Waals surface area contributed by atoms with E-state index in [1.165, 1.54) is 0 Å². The van der Waals surface area contributed by atoms with E-state index in [2.05, 4.69) is 5.32 Å². The molecular weight excluding hydrogens is 348 g/mol. The molecule has 4 nitrogen and oxygen atoms in total. The molecule has 0 heterocycles. The Morgan fingerprint density at radius 1 is 0.893 bits per heavy atom. The zero-order valence-electron chi connectivity index (χ0n) is 16.6. The second-order valence-corrected chi connectivity index (χ2v) is 7.01. The van der Waals surface area contributed by atoms with Crippen molar-refractivity contribution in [2.75, 3.05) is 18.9 Å². The average molecular weight is 374 g/mol. The van der Waals surface area contributed by atoms with Crippen LogP contribution in [-0.2, 0) is 11.3 Å². The summed E-state index contributed by atoms with van der Waals surface area (Å²) in [7, 11) is 1.93. The first-order chi connectivity index (χ1) is 13.5. The van der Waals surface area contributed by atoms with Gasteiger partial charge in [0.25, 0.3) is 0 Å². The van der Waals surface area contributed by atoms with Crippen LogP contribution in [0.1, 0.15) is 16.7 Å². The second kappa shape index (κ2) is 9.20. The number of carbonyl (C=O) groups excluding carboxylic acids is 1. The SMILES string of the molecule is Cc1cccc(C)c1NC(=O)CN(C)Cc1ccccc1Oc1ccccc1. The number of hydrogen-bond donors (Lipinski definition) is 1. The fourth-order valence-corrected chi connectivity index (χ4v) is 3.13.